The molecule has 6 nitrogen and oxygen atoms in total. The first-order chi connectivity index (χ1) is 12.0. The molecule has 0 spiro atoms. The van der Waals surface area contributed by atoms with Gasteiger partial charge in [-0.25, -0.2) is 4.79 Å². The minimum absolute atomic E-state index is 0.0553. The molecule has 2 aromatic rings. The zero-order chi connectivity index (χ0) is 17.8. The van der Waals surface area contributed by atoms with Gasteiger partial charge in [-0.3, -0.25) is 10.1 Å². The van der Waals surface area contributed by atoms with Crippen LogP contribution in [0.15, 0.2) is 42.5 Å². The smallest absolute Gasteiger partial charge is 0.343 e. The van der Waals surface area contributed by atoms with E-state index in [2.05, 4.69) is 0 Å². The van der Waals surface area contributed by atoms with Gasteiger partial charge in [0.25, 0.3) is 5.69 Å². The van der Waals surface area contributed by atoms with Gasteiger partial charge in [0.05, 0.1) is 10.5 Å². The highest BCUT2D eigenvalue weighted by atomic mass is 16.6. The molecule has 0 N–H and O–H groups in total. The predicted molar refractivity (Wildman–Crippen MR) is 95.3 cm³/mol. The Bertz CT molecular complexity index is 781. The molecule has 1 aliphatic rings. The maximum atomic E-state index is 12.3. The molecule has 0 bridgehead atoms. The van der Waals surface area contributed by atoms with E-state index in [0.29, 0.717) is 11.4 Å². The minimum atomic E-state index is -0.600. The molecule has 3 rings (SSSR count). The van der Waals surface area contributed by atoms with Gasteiger partial charge in [0, 0.05) is 19.2 Å². The maximum Gasteiger partial charge on any atom is 0.343 e. The number of nitro groups is 1. The van der Waals surface area contributed by atoms with Crippen molar-refractivity contribution in [3.8, 4) is 5.75 Å². The van der Waals surface area contributed by atoms with Crippen LogP contribution in [-0.4, -0.2) is 24.0 Å². The Labute approximate surface area is 146 Å². The lowest BCUT2D eigenvalue weighted by molar-refractivity contribution is -0.384. The second kappa shape index (κ2) is 7.34. The molecule has 25 heavy (non-hydrogen) atoms. The molecule has 1 aliphatic heterocycles. The lowest BCUT2D eigenvalue weighted by Gasteiger charge is -2.28. The zero-order valence-corrected chi connectivity index (χ0v) is 14.1. The van der Waals surface area contributed by atoms with E-state index in [1.54, 1.807) is 24.3 Å². The molecule has 1 heterocycles. The van der Waals surface area contributed by atoms with Crippen molar-refractivity contribution in [2.24, 2.45) is 0 Å². The first kappa shape index (κ1) is 17.0. The van der Waals surface area contributed by atoms with E-state index in [9.17, 15) is 14.9 Å². The van der Waals surface area contributed by atoms with Crippen molar-refractivity contribution in [1.82, 2.24) is 0 Å². The van der Waals surface area contributed by atoms with Crippen molar-refractivity contribution in [3.63, 3.8) is 0 Å². The van der Waals surface area contributed by atoms with Gasteiger partial charge >= 0.3 is 5.97 Å². The summed E-state index contributed by atoms with van der Waals surface area (Å²) >= 11 is 0. The van der Waals surface area contributed by atoms with Gasteiger partial charge in [-0.15, -0.1) is 0 Å². The molecule has 0 saturated carbocycles. The predicted octanol–water partition coefficient (Wildman–Crippen LogP) is 4.11. The third-order valence-corrected chi connectivity index (χ3v) is 4.34. The van der Waals surface area contributed by atoms with Crippen molar-refractivity contribution in [1.29, 1.82) is 0 Å². The molecule has 1 fully saturated rings. The number of esters is 1. The molecule has 130 valence electrons. The van der Waals surface area contributed by atoms with Crippen LogP contribution in [-0.2, 0) is 0 Å². The number of hydrogen-bond acceptors (Lipinski definition) is 5. The Kier molecular flexibility index (Phi) is 4.97. The van der Waals surface area contributed by atoms with E-state index in [0.717, 1.165) is 37.9 Å². The van der Waals surface area contributed by atoms with E-state index >= 15 is 0 Å². The average molecular weight is 340 g/mol. The summed E-state index contributed by atoms with van der Waals surface area (Å²) in [7, 11) is 0. The molecular formula is C19H20N2O4. The largest absolute Gasteiger partial charge is 0.423 e. The second-order valence-electron chi connectivity index (χ2n) is 6.21. The van der Waals surface area contributed by atoms with E-state index in [-0.39, 0.29) is 11.3 Å². The average Bonchev–Trinajstić information content (AvgIpc) is 2.63. The fraction of sp³-hybridized carbons (Fsp3) is 0.316. The number of carbonyl (C=O) groups is 1. The number of aryl methyl sites for hydroxylation is 1. The van der Waals surface area contributed by atoms with E-state index in [4.69, 9.17) is 4.74 Å². The molecule has 0 aliphatic carbocycles. The highest BCUT2D eigenvalue weighted by Gasteiger charge is 2.23. The van der Waals surface area contributed by atoms with Gasteiger partial charge in [-0.1, -0.05) is 17.7 Å². The summed E-state index contributed by atoms with van der Waals surface area (Å²) in [6, 6.07) is 11.6. The van der Waals surface area contributed by atoms with Crippen molar-refractivity contribution in [2.75, 3.05) is 18.0 Å². The summed E-state index contributed by atoms with van der Waals surface area (Å²) < 4.78 is 5.30. The van der Waals surface area contributed by atoms with Crippen LogP contribution in [0.3, 0.4) is 0 Å². The number of nitro benzene ring substituents is 1. The number of hydrogen-bond donors (Lipinski definition) is 0. The van der Waals surface area contributed by atoms with Crippen LogP contribution in [0.2, 0.25) is 0 Å². The van der Waals surface area contributed by atoms with Gasteiger partial charge in [0.15, 0.2) is 0 Å². The molecule has 2 aromatic carbocycles. The van der Waals surface area contributed by atoms with Crippen LogP contribution in [0, 0.1) is 17.0 Å². The van der Waals surface area contributed by atoms with Crippen molar-refractivity contribution in [3.05, 3.63) is 63.7 Å². The maximum absolute atomic E-state index is 12.3. The standard InChI is InChI=1S/C19H20N2O4/c1-14-5-8-16(9-6-14)25-19(22)15-7-10-17(18(13-15)21(23)24)20-11-3-2-4-12-20/h5-10,13H,2-4,11-12H2,1H3. The van der Waals surface area contributed by atoms with Crippen molar-refractivity contribution >= 4 is 17.3 Å². The van der Waals surface area contributed by atoms with Crippen LogP contribution in [0.5, 0.6) is 5.75 Å². The lowest BCUT2D eigenvalue weighted by atomic mass is 10.1. The molecule has 0 unspecified atom stereocenters. The van der Waals surface area contributed by atoms with Gasteiger partial charge < -0.3 is 9.64 Å². The number of carbonyl (C=O) groups excluding carboxylic acids is 1. The fourth-order valence-electron chi connectivity index (χ4n) is 2.97. The number of ether oxygens (including phenoxy) is 1. The topological polar surface area (TPSA) is 72.7 Å². The molecule has 0 aromatic heterocycles. The first-order valence-electron chi connectivity index (χ1n) is 8.37. The summed E-state index contributed by atoms with van der Waals surface area (Å²) in [6.45, 7) is 3.54. The highest BCUT2D eigenvalue weighted by molar-refractivity contribution is 5.93. The van der Waals surface area contributed by atoms with Gasteiger partial charge in [0.1, 0.15) is 11.4 Å². The fourth-order valence-corrected chi connectivity index (χ4v) is 2.97. The Morgan fingerprint density at radius 2 is 1.76 bits per heavy atom. The zero-order valence-electron chi connectivity index (χ0n) is 14.1. The van der Waals surface area contributed by atoms with Crippen LogP contribution >= 0.6 is 0 Å². The molecule has 6 heteroatoms. The minimum Gasteiger partial charge on any atom is -0.423 e. The summed E-state index contributed by atoms with van der Waals surface area (Å²) in [5, 5.41) is 11.5. The van der Waals surface area contributed by atoms with E-state index < -0.39 is 10.9 Å². The molecule has 0 atom stereocenters. The van der Waals surface area contributed by atoms with Crippen molar-refractivity contribution in [2.45, 2.75) is 26.2 Å². The van der Waals surface area contributed by atoms with E-state index in [1.807, 2.05) is 24.0 Å². The number of benzene rings is 2. The third-order valence-electron chi connectivity index (χ3n) is 4.34. The number of rotatable bonds is 4. The molecule has 1 saturated heterocycles. The first-order valence-corrected chi connectivity index (χ1v) is 8.37. The van der Waals surface area contributed by atoms with Gasteiger partial charge in [-0.2, -0.15) is 0 Å². The quantitative estimate of drug-likeness (QED) is 0.362. The Morgan fingerprint density at radius 3 is 2.40 bits per heavy atom. The normalized spacial score (nSPS) is 14.2. The van der Waals surface area contributed by atoms with Gasteiger partial charge in [-0.05, 0) is 50.5 Å². The molecule has 0 amide bonds. The monoisotopic (exact) mass is 340 g/mol. The second-order valence-corrected chi connectivity index (χ2v) is 6.21. The third kappa shape index (κ3) is 3.96. The number of anilines is 1. The summed E-state index contributed by atoms with van der Waals surface area (Å²) in [5.41, 5.74) is 1.74. The molecular weight excluding hydrogens is 320 g/mol. The van der Waals surface area contributed by atoms with Crippen LogP contribution in [0.4, 0.5) is 11.4 Å². The highest BCUT2D eigenvalue weighted by Crippen LogP contribution is 2.31. The number of nitrogens with zero attached hydrogens (tertiary/aromatic N) is 2. The summed E-state index contributed by atoms with van der Waals surface area (Å²) in [4.78, 5) is 25.3. The van der Waals surface area contributed by atoms with E-state index in [1.165, 1.54) is 6.07 Å². The lowest BCUT2D eigenvalue weighted by Crippen LogP contribution is -2.30. The Balaban J connectivity index is 1.84. The molecule has 0 radical (unpaired) electrons. The Morgan fingerprint density at radius 1 is 1.08 bits per heavy atom. The Hall–Kier alpha value is -2.89. The summed E-state index contributed by atoms with van der Waals surface area (Å²) in [6.07, 6.45) is 3.19. The van der Waals surface area contributed by atoms with Crippen LogP contribution < -0.4 is 9.64 Å². The van der Waals surface area contributed by atoms with Crippen molar-refractivity contribution < 1.29 is 14.5 Å². The SMILES string of the molecule is Cc1ccc(OC(=O)c2ccc(N3CCCCC3)c([N+](=O)[O-])c2)cc1. The van der Waals surface area contributed by atoms with Crippen LogP contribution in [0.25, 0.3) is 0 Å². The van der Waals surface area contributed by atoms with Crippen LogP contribution in [0.1, 0.15) is 35.2 Å². The number of piperidine rings is 1. The van der Waals surface area contributed by atoms with Gasteiger partial charge in [0.2, 0.25) is 0 Å². The summed E-state index contributed by atoms with van der Waals surface area (Å²) in [5.74, 6) is -0.185.